The average Bonchev–Trinajstić information content (AvgIpc) is 2.88. The molecule has 2 amide bonds. The van der Waals surface area contributed by atoms with Crippen molar-refractivity contribution in [3.63, 3.8) is 0 Å². The SMILES string of the molecule is O=C1NC(=O)C(C(=O)OCc2ccccc2)=C1Nc1ccccc1. The maximum absolute atomic E-state index is 12.2. The Hall–Kier alpha value is -3.41. The molecule has 0 aliphatic carbocycles. The van der Waals surface area contributed by atoms with Crippen LogP contribution in [0.25, 0.3) is 0 Å². The van der Waals surface area contributed by atoms with E-state index in [2.05, 4.69) is 10.6 Å². The fourth-order valence-electron chi connectivity index (χ4n) is 2.23. The fourth-order valence-corrected chi connectivity index (χ4v) is 2.23. The molecule has 0 atom stereocenters. The van der Waals surface area contributed by atoms with Crippen LogP contribution < -0.4 is 10.6 Å². The molecule has 6 heteroatoms. The minimum Gasteiger partial charge on any atom is -0.457 e. The van der Waals surface area contributed by atoms with Crippen molar-refractivity contribution < 1.29 is 19.1 Å². The highest BCUT2D eigenvalue weighted by Crippen LogP contribution is 2.18. The van der Waals surface area contributed by atoms with Gasteiger partial charge in [-0.15, -0.1) is 0 Å². The zero-order chi connectivity index (χ0) is 16.9. The molecule has 24 heavy (non-hydrogen) atoms. The summed E-state index contributed by atoms with van der Waals surface area (Å²) in [6.07, 6.45) is 0. The molecule has 0 spiro atoms. The molecule has 6 nitrogen and oxygen atoms in total. The Bertz CT molecular complexity index is 813. The summed E-state index contributed by atoms with van der Waals surface area (Å²) in [6, 6.07) is 17.9. The largest absolute Gasteiger partial charge is 0.457 e. The van der Waals surface area contributed by atoms with E-state index in [1.165, 1.54) is 0 Å². The topological polar surface area (TPSA) is 84.5 Å². The Kier molecular flexibility index (Phi) is 4.38. The molecule has 1 heterocycles. The van der Waals surface area contributed by atoms with Crippen molar-refractivity contribution >= 4 is 23.5 Å². The van der Waals surface area contributed by atoms with Crippen molar-refractivity contribution in [3.05, 3.63) is 77.5 Å². The highest BCUT2D eigenvalue weighted by atomic mass is 16.5. The summed E-state index contributed by atoms with van der Waals surface area (Å²) < 4.78 is 5.15. The summed E-state index contributed by atoms with van der Waals surface area (Å²) >= 11 is 0. The molecule has 0 fully saturated rings. The molecule has 2 N–H and O–H groups in total. The van der Waals surface area contributed by atoms with Crippen LogP contribution >= 0.6 is 0 Å². The van der Waals surface area contributed by atoms with E-state index in [1.807, 2.05) is 24.3 Å². The third-order valence-electron chi connectivity index (χ3n) is 3.39. The minimum absolute atomic E-state index is 0.0171. The van der Waals surface area contributed by atoms with Crippen molar-refractivity contribution in [3.8, 4) is 0 Å². The smallest absolute Gasteiger partial charge is 0.346 e. The van der Waals surface area contributed by atoms with E-state index >= 15 is 0 Å². The Morgan fingerprint density at radius 1 is 0.917 bits per heavy atom. The fraction of sp³-hybridized carbons (Fsp3) is 0.0556. The standard InChI is InChI=1S/C18H14N2O4/c21-16-14(18(23)24-11-12-7-3-1-4-8-12)15(17(22)20-16)19-13-9-5-2-6-10-13/h1-10H,11H2,(H2,19,20,21,22). The van der Waals surface area contributed by atoms with Gasteiger partial charge in [-0.25, -0.2) is 4.79 Å². The van der Waals surface area contributed by atoms with Gasteiger partial charge in [0.15, 0.2) is 5.57 Å². The van der Waals surface area contributed by atoms with Crippen molar-refractivity contribution in [2.45, 2.75) is 6.61 Å². The number of hydrogen-bond donors (Lipinski definition) is 2. The van der Waals surface area contributed by atoms with Gasteiger partial charge in [-0.2, -0.15) is 0 Å². The summed E-state index contributed by atoms with van der Waals surface area (Å²) in [7, 11) is 0. The van der Waals surface area contributed by atoms with Gasteiger partial charge >= 0.3 is 5.97 Å². The number of ether oxygens (including phenoxy) is 1. The van der Waals surface area contributed by atoms with Crippen LogP contribution in [0.3, 0.4) is 0 Å². The van der Waals surface area contributed by atoms with Crippen molar-refractivity contribution in [1.29, 1.82) is 0 Å². The van der Waals surface area contributed by atoms with Gasteiger partial charge in [-0.05, 0) is 17.7 Å². The monoisotopic (exact) mass is 322 g/mol. The maximum Gasteiger partial charge on any atom is 0.346 e. The molecule has 2 aromatic rings. The third-order valence-corrected chi connectivity index (χ3v) is 3.39. The van der Waals surface area contributed by atoms with Crippen molar-refractivity contribution in [2.75, 3.05) is 5.32 Å². The predicted octanol–water partition coefficient (Wildman–Crippen LogP) is 1.75. The molecule has 0 saturated carbocycles. The molecular weight excluding hydrogens is 308 g/mol. The Morgan fingerprint density at radius 3 is 2.21 bits per heavy atom. The van der Waals surface area contributed by atoms with Crippen LogP contribution in [0.15, 0.2) is 71.9 Å². The Morgan fingerprint density at radius 2 is 1.54 bits per heavy atom. The second kappa shape index (κ2) is 6.78. The van der Waals surface area contributed by atoms with Crippen LogP contribution in [0.4, 0.5) is 5.69 Å². The first kappa shape index (κ1) is 15.5. The predicted molar refractivity (Wildman–Crippen MR) is 86.5 cm³/mol. The van der Waals surface area contributed by atoms with Gasteiger partial charge in [0.2, 0.25) is 0 Å². The summed E-state index contributed by atoms with van der Waals surface area (Å²) in [5, 5.41) is 4.90. The second-order valence-corrected chi connectivity index (χ2v) is 5.09. The number of hydrogen-bond acceptors (Lipinski definition) is 5. The van der Waals surface area contributed by atoms with E-state index in [-0.39, 0.29) is 17.9 Å². The number of rotatable bonds is 5. The van der Waals surface area contributed by atoms with E-state index in [9.17, 15) is 14.4 Å². The number of esters is 1. The van der Waals surface area contributed by atoms with Crippen LogP contribution in [-0.4, -0.2) is 17.8 Å². The number of para-hydroxylation sites is 1. The van der Waals surface area contributed by atoms with E-state index in [1.54, 1.807) is 36.4 Å². The number of amides is 2. The lowest BCUT2D eigenvalue weighted by Crippen LogP contribution is -2.25. The lowest BCUT2D eigenvalue weighted by atomic mass is 10.2. The lowest BCUT2D eigenvalue weighted by molar-refractivity contribution is -0.141. The first-order valence-electron chi connectivity index (χ1n) is 7.28. The van der Waals surface area contributed by atoms with Crippen LogP contribution in [0, 0.1) is 0 Å². The van der Waals surface area contributed by atoms with Crippen LogP contribution in [0.5, 0.6) is 0 Å². The lowest BCUT2D eigenvalue weighted by Gasteiger charge is -2.08. The number of nitrogens with one attached hydrogen (secondary N) is 2. The zero-order valence-electron chi connectivity index (χ0n) is 12.6. The molecule has 0 bridgehead atoms. The van der Waals surface area contributed by atoms with Gasteiger partial charge in [0.1, 0.15) is 12.3 Å². The minimum atomic E-state index is -0.847. The normalized spacial score (nSPS) is 13.7. The molecule has 3 rings (SSSR count). The summed E-state index contributed by atoms with van der Waals surface area (Å²) in [5.74, 6) is -2.27. The maximum atomic E-state index is 12.2. The van der Waals surface area contributed by atoms with Crippen LogP contribution in [0.1, 0.15) is 5.56 Å². The third kappa shape index (κ3) is 3.33. The van der Waals surface area contributed by atoms with Gasteiger partial charge in [0.05, 0.1) is 0 Å². The first-order valence-corrected chi connectivity index (χ1v) is 7.28. The quantitative estimate of drug-likeness (QED) is 0.498. The Labute approximate surface area is 138 Å². The van der Waals surface area contributed by atoms with Gasteiger partial charge in [-0.3, -0.25) is 14.9 Å². The number of carbonyl (C=O) groups is 3. The van der Waals surface area contributed by atoms with Crippen molar-refractivity contribution in [1.82, 2.24) is 5.32 Å². The van der Waals surface area contributed by atoms with E-state index in [0.29, 0.717) is 5.69 Å². The highest BCUT2D eigenvalue weighted by Gasteiger charge is 2.36. The van der Waals surface area contributed by atoms with Crippen LogP contribution in [0.2, 0.25) is 0 Å². The number of carbonyl (C=O) groups excluding carboxylic acids is 3. The molecule has 0 radical (unpaired) electrons. The highest BCUT2D eigenvalue weighted by molar-refractivity contribution is 6.31. The summed E-state index contributed by atoms with van der Waals surface area (Å²) in [5.41, 5.74) is 0.948. The van der Waals surface area contributed by atoms with Crippen molar-refractivity contribution in [2.24, 2.45) is 0 Å². The number of imide groups is 1. The van der Waals surface area contributed by atoms with Gasteiger partial charge in [-0.1, -0.05) is 48.5 Å². The van der Waals surface area contributed by atoms with Crippen LogP contribution in [-0.2, 0) is 25.7 Å². The Balaban J connectivity index is 1.80. The molecule has 2 aromatic carbocycles. The van der Waals surface area contributed by atoms with Gasteiger partial charge in [0, 0.05) is 5.69 Å². The van der Waals surface area contributed by atoms with E-state index < -0.39 is 17.8 Å². The number of benzene rings is 2. The average molecular weight is 322 g/mol. The second-order valence-electron chi connectivity index (χ2n) is 5.09. The van der Waals surface area contributed by atoms with Gasteiger partial charge in [0.25, 0.3) is 11.8 Å². The molecule has 1 aliphatic heterocycles. The molecule has 0 saturated heterocycles. The molecular formula is C18H14N2O4. The molecule has 0 unspecified atom stereocenters. The summed E-state index contributed by atoms with van der Waals surface area (Å²) in [6.45, 7) is 0.0171. The van der Waals surface area contributed by atoms with E-state index in [0.717, 1.165) is 5.56 Å². The first-order chi connectivity index (χ1) is 11.6. The number of anilines is 1. The summed E-state index contributed by atoms with van der Waals surface area (Å²) in [4.78, 5) is 36.1. The molecule has 0 aromatic heterocycles. The zero-order valence-corrected chi connectivity index (χ0v) is 12.6. The molecule has 120 valence electrons. The molecule has 1 aliphatic rings. The van der Waals surface area contributed by atoms with Gasteiger partial charge < -0.3 is 10.1 Å². The van der Waals surface area contributed by atoms with E-state index in [4.69, 9.17) is 4.74 Å².